The van der Waals surface area contributed by atoms with E-state index in [4.69, 9.17) is 4.42 Å². The molecule has 1 unspecified atom stereocenters. The Morgan fingerprint density at radius 3 is 2.63 bits per heavy atom. The van der Waals surface area contributed by atoms with Gasteiger partial charge in [0.05, 0.1) is 12.8 Å². The number of aromatic nitrogens is 2. The number of aryl methyl sites for hydroxylation is 2. The fourth-order valence-electron chi connectivity index (χ4n) is 4.24. The molecule has 2 aliphatic rings. The van der Waals surface area contributed by atoms with Gasteiger partial charge < -0.3 is 15.1 Å². The van der Waals surface area contributed by atoms with Crippen LogP contribution in [0.25, 0.3) is 0 Å². The highest BCUT2D eigenvalue weighted by Gasteiger charge is 2.49. The molecule has 192 valence electrons. The summed E-state index contributed by atoms with van der Waals surface area (Å²) in [4.78, 5) is 54.0. The SMILES string of the molecule is Cc1ccc(N2C(=O)C3C=CC(C(=O)NCc4ccco4)=CC3=[N+](CC(=O)Nc3cc(C)[nH]n3)C2=O)cc1. The van der Waals surface area contributed by atoms with Gasteiger partial charge in [0.2, 0.25) is 0 Å². The van der Waals surface area contributed by atoms with Gasteiger partial charge in [-0.3, -0.25) is 14.7 Å². The maximum absolute atomic E-state index is 13.7. The molecule has 3 N–H and O–H groups in total. The summed E-state index contributed by atoms with van der Waals surface area (Å²) in [6, 6.07) is 11.4. The molecule has 1 atom stereocenters. The van der Waals surface area contributed by atoms with Crippen LogP contribution in [-0.2, 0) is 20.9 Å². The van der Waals surface area contributed by atoms with Crippen molar-refractivity contribution in [2.24, 2.45) is 5.92 Å². The zero-order valence-corrected chi connectivity index (χ0v) is 20.7. The van der Waals surface area contributed by atoms with Gasteiger partial charge in [0, 0.05) is 17.3 Å². The third-order valence-electron chi connectivity index (χ3n) is 6.14. The number of hydrogen-bond acceptors (Lipinski definition) is 6. The molecule has 38 heavy (non-hydrogen) atoms. The summed E-state index contributed by atoms with van der Waals surface area (Å²) >= 11 is 0. The molecule has 0 saturated heterocycles. The van der Waals surface area contributed by atoms with E-state index in [0.717, 1.165) is 16.2 Å². The molecule has 0 spiro atoms. The zero-order chi connectivity index (χ0) is 26.8. The molecule has 11 nitrogen and oxygen atoms in total. The minimum absolute atomic E-state index is 0.171. The lowest BCUT2D eigenvalue weighted by Crippen LogP contribution is -2.56. The molecule has 3 heterocycles. The summed E-state index contributed by atoms with van der Waals surface area (Å²) in [5.74, 6) is -1.39. The number of aromatic amines is 1. The van der Waals surface area contributed by atoms with Gasteiger partial charge in [-0.1, -0.05) is 29.8 Å². The summed E-state index contributed by atoms with van der Waals surface area (Å²) in [5, 5.41) is 12.1. The van der Waals surface area contributed by atoms with E-state index in [1.165, 1.54) is 23.0 Å². The third-order valence-corrected chi connectivity index (χ3v) is 6.14. The summed E-state index contributed by atoms with van der Waals surface area (Å²) in [7, 11) is 0. The van der Waals surface area contributed by atoms with Gasteiger partial charge in [-0.2, -0.15) is 14.5 Å². The number of carbonyl (C=O) groups is 4. The summed E-state index contributed by atoms with van der Waals surface area (Å²) in [6.07, 6.45) is 6.08. The number of imide groups is 1. The number of nitrogens with zero attached hydrogens (tertiary/aromatic N) is 3. The van der Waals surface area contributed by atoms with Gasteiger partial charge in [-0.25, -0.2) is 4.79 Å². The Balaban J connectivity index is 1.48. The smallest absolute Gasteiger partial charge is 0.467 e. The number of allylic oxidation sites excluding steroid dienone is 1. The number of rotatable bonds is 7. The quantitative estimate of drug-likeness (QED) is 0.415. The van der Waals surface area contributed by atoms with Crippen molar-refractivity contribution in [3.8, 4) is 0 Å². The first-order chi connectivity index (χ1) is 18.3. The van der Waals surface area contributed by atoms with Gasteiger partial charge in [0.15, 0.2) is 12.4 Å². The number of carbonyl (C=O) groups excluding carboxylic acids is 4. The molecule has 2 aromatic heterocycles. The highest BCUT2D eigenvalue weighted by atomic mass is 16.3. The zero-order valence-electron chi connectivity index (χ0n) is 20.7. The van der Waals surface area contributed by atoms with Crippen LogP contribution in [0, 0.1) is 19.8 Å². The van der Waals surface area contributed by atoms with E-state index in [9.17, 15) is 19.2 Å². The monoisotopic (exact) mass is 513 g/mol. The Hall–Kier alpha value is -5.06. The van der Waals surface area contributed by atoms with Crippen molar-refractivity contribution in [2.45, 2.75) is 20.4 Å². The van der Waals surface area contributed by atoms with Crippen LogP contribution < -0.4 is 15.5 Å². The number of nitrogens with one attached hydrogen (secondary N) is 3. The van der Waals surface area contributed by atoms with Gasteiger partial charge in [0.1, 0.15) is 23.1 Å². The maximum atomic E-state index is 13.7. The molecule has 0 saturated carbocycles. The van der Waals surface area contributed by atoms with Crippen LogP contribution in [0.1, 0.15) is 17.0 Å². The molecular weight excluding hydrogens is 488 g/mol. The second-order valence-electron chi connectivity index (χ2n) is 8.99. The van der Waals surface area contributed by atoms with Crippen LogP contribution in [0.15, 0.2) is 76.9 Å². The Kier molecular flexibility index (Phi) is 6.56. The maximum Gasteiger partial charge on any atom is 0.506 e. The number of H-pyrrole nitrogens is 1. The number of urea groups is 1. The molecule has 1 aliphatic carbocycles. The first-order valence-corrected chi connectivity index (χ1v) is 11.9. The van der Waals surface area contributed by atoms with E-state index in [0.29, 0.717) is 17.3 Å². The predicted octanol–water partition coefficient (Wildman–Crippen LogP) is 2.61. The van der Waals surface area contributed by atoms with E-state index in [2.05, 4.69) is 20.8 Å². The second kappa shape index (κ2) is 10.1. The minimum atomic E-state index is -0.865. The van der Waals surface area contributed by atoms with Gasteiger partial charge in [-0.15, -0.1) is 4.90 Å². The molecule has 5 amide bonds. The fraction of sp³-hybridized carbons (Fsp3) is 0.185. The third kappa shape index (κ3) is 4.94. The van der Waals surface area contributed by atoms with Crippen LogP contribution in [0.3, 0.4) is 0 Å². The van der Waals surface area contributed by atoms with Crippen molar-refractivity contribution < 1.29 is 28.2 Å². The van der Waals surface area contributed by atoms with E-state index >= 15 is 0 Å². The Labute approximate surface area is 217 Å². The first kappa shape index (κ1) is 24.6. The van der Waals surface area contributed by atoms with Crippen LogP contribution in [0.4, 0.5) is 16.3 Å². The summed E-state index contributed by atoms with van der Waals surface area (Å²) < 4.78 is 6.46. The van der Waals surface area contributed by atoms with Crippen molar-refractivity contribution >= 4 is 41.0 Å². The number of benzene rings is 1. The van der Waals surface area contributed by atoms with E-state index < -0.39 is 36.2 Å². The number of fused-ring (bicyclic) bond motifs is 1. The number of hydrogen-bond donors (Lipinski definition) is 3. The van der Waals surface area contributed by atoms with Crippen molar-refractivity contribution in [2.75, 3.05) is 16.8 Å². The van der Waals surface area contributed by atoms with Gasteiger partial charge >= 0.3 is 11.9 Å². The molecule has 3 aromatic rings. The highest BCUT2D eigenvalue weighted by molar-refractivity contribution is 6.27. The topological polar surface area (TPSA) is 140 Å². The van der Waals surface area contributed by atoms with Crippen molar-refractivity contribution in [3.05, 3.63) is 89.5 Å². The lowest BCUT2D eigenvalue weighted by atomic mass is 9.90. The fourth-order valence-corrected chi connectivity index (χ4v) is 4.24. The van der Waals surface area contributed by atoms with E-state index in [-0.39, 0.29) is 17.8 Å². The summed E-state index contributed by atoms with van der Waals surface area (Å²) in [5.41, 5.74) is 2.58. The molecule has 0 bridgehead atoms. The van der Waals surface area contributed by atoms with Crippen molar-refractivity contribution in [1.29, 1.82) is 0 Å². The summed E-state index contributed by atoms with van der Waals surface area (Å²) in [6.45, 7) is 3.47. The Morgan fingerprint density at radius 1 is 1.16 bits per heavy atom. The number of furan rings is 1. The van der Waals surface area contributed by atoms with Gasteiger partial charge in [-0.05, 0) is 44.2 Å². The van der Waals surface area contributed by atoms with Crippen molar-refractivity contribution in [1.82, 2.24) is 15.5 Å². The molecular formula is C27H25N6O5+. The van der Waals surface area contributed by atoms with Gasteiger partial charge in [0.25, 0.3) is 11.8 Å². The second-order valence-corrected chi connectivity index (χ2v) is 8.99. The molecule has 0 radical (unpaired) electrons. The highest BCUT2D eigenvalue weighted by Crippen LogP contribution is 2.27. The van der Waals surface area contributed by atoms with Crippen LogP contribution in [-0.4, -0.2) is 50.8 Å². The van der Waals surface area contributed by atoms with E-state index in [1.807, 2.05) is 6.92 Å². The average Bonchev–Trinajstić information content (AvgIpc) is 3.57. The van der Waals surface area contributed by atoms with E-state index in [1.54, 1.807) is 55.5 Å². The van der Waals surface area contributed by atoms with Crippen LogP contribution >= 0.6 is 0 Å². The molecule has 0 fully saturated rings. The lowest BCUT2D eigenvalue weighted by Gasteiger charge is -2.27. The average molecular weight is 514 g/mol. The normalized spacial score (nSPS) is 16.8. The van der Waals surface area contributed by atoms with Crippen LogP contribution in [0.2, 0.25) is 0 Å². The predicted molar refractivity (Wildman–Crippen MR) is 137 cm³/mol. The van der Waals surface area contributed by atoms with Crippen LogP contribution in [0.5, 0.6) is 0 Å². The Bertz CT molecular complexity index is 1510. The number of anilines is 2. The first-order valence-electron chi connectivity index (χ1n) is 11.9. The van der Waals surface area contributed by atoms with Crippen molar-refractivity contribution in [3.63, 3.8) is 0 Å². The lowest BCUT2D eigenvalue weighted by molar-refractivity contribution is -0.416. The Morgan fingerprint density at radius 2 is 1.95 bits per heavy atom. The molecule has 1 aromatic carbocycles. The standard InChI is InChI=1S/C27H24N6O5/c1-16-5-8-19(9-6-16)33-26(36)21-10-7-18(25(35)28-14-20-4-3-11-38-20)13-22(21)32(27(33)37)15-24(34)29-23-12-17(2)30-31-23/h3-13,21,28,35H,14-15H2,1-2H3/p+1. The largest absolute Gasteiger partial charge is 0.506 e. The molecule has 11 heteroatoms. The molecule has 1 aliphatic heterocycles. The number of amides is 5. The minimum Gasteiger partial charge on any atom is -0.467 e. The molecule has 5 rings (SSSR count).